The number of nitrogens with zero attached hydrogens (tertiary/aromatic N) is 2. The Balaban J connectivity index is 1.10. The molecule has 1 aromatic heterocycles. The lowest BCUT2D eigenvalue weighted by Gasteiger charge is -2.27. The topological polar surface area (TPSA) is 83.9 Å². The minimum atomic E-state index is -0.788. The number of aliphatic carboxylic acids is 1. The zero-order valence-electron chi connectivity index (χ0n) is 20.5. The van der Waals surface area contributed by atoms with Crippen LogP contribution >= 0.6 is 0 Å². The van der Waals surface area contributed by atoms with Gasteiger partial charge >= 0.3 is 5.97 Å². The Morgan fingerprint density at radius 2 is 2.14 bits per heavy atom. The number of likely N-dealkylation sites (tertiary alicyclic amines) is 1. The maximum absolute atomic E-state index is 12.4. The minimum absolute atomic E-state index is 0.0879. The molecule has 5 rings (SSSR count). The van der Waals surface area contributed by atoms with Crippen molar-refractivity contribution >= 4 is 11.8 Å². The summed E-state index contributed by atoms with van der Waals surface area (Å²) < 4.78 is 11.7. The lowest BCUT2D eigenvalue weighted by Crippen LogP contribution is -2.34. The summed E-state index contributed by atoms with van der Waals surface area (Å²) in [4.78, 5) is 19.2. The first-order chi connectivity index (χ1) is 17.2. The minimum Gasteiger partial charge on any atom is -0.480 e. The van der Waals surface area contributed by atoms with Gasteiger partial charge in [0, 0.05) is 44.5 Å². The van der Waals surface area contributed by atoms with Gasteiger partial charge in [0.05, 0.1) is 12.7 Å². The van der Waals surface area contributed by atoms with E-state index in [0.717, 1.165) is 80.9 Å². The third-order valence-electron chi connectivity index (χ3n) is 7.57. The van der Waals surface area contributed by atoms with Gasteiger partial charge in [0.15, 0.2) is 0 Å². The molecule has 0 spiro atoms. The second-order valence-corrected chi connectivity index (χ2v) is 10.0. The van der Waals surface area contributed by atoms with Crippen LogP contribution in [0, 0.1) is 0 Å². The van der Waals surface area contributed by atoms with Gasteiger partial charge in [-0.05, 0) is 67.7 Å². The van der Waals surface area contributed by atoms with Crippen LogP contribution in [0.25, 0.3) is 0 Å². The number of hydrogen-bond donors (Lipinski definition) is 2. The number of aryl methyl sites for hydroxylation is 2. The number of carboxylic acids is 1. The quantitative estimate of drug-likeness (QED) is 0.495. The molecule has 1 aromatic carbocycles. The maximum atomic E-state index is 12.4. The molecule has 0 aliphatic carbocycles. The van der Waals surface area contributed by atoms with Crippen molar-refractivity contribution in [2.75, 3.05) is 44.8 Å². The van der Waals surface area contributed by atoms with E-state index in [1.54, 1.807) is 0 Å². The first kappa shape index (κ1) is 24.2. The van der Waals surface area contributed by atoms with Crippen molar-refractivity contribution in [1.82, 2.24) is 9.88 Å². The molecule has 2 N–H and O–H groups in total. The van der Waals surface area contributed by atoms with Gasteiger partial charge in [0.2, 0.25) is 0 Å². The highest BCUT2D eigenvalue weighted by molar-refractivity contribution is 5.76. The van der Waals surface area contributed by atoms with Gasteiger partial charge in [-0.3, -0.25) is 9.69 Å². The number of aromatic nitrogens is 1. The summed E-state index contributed by atoms with van der Waals surface area (Å²) >= 11 is 0. The van der Waals surface area contributed by atoms with Crippen LogP contribution in [0.1, 0.15) is 66.4 Å². The van der Waals surface area contributed by atoms with Crippen LogP contribution in [0.2, 0.25) is 0 Å². The number of carbonyl (C=O) groups is 1. The highest BCUT2D eigenvalue weighted by Crippen LogP contribution is 2.35. The molecule has 0 bridgehead atoms. The van der Waals surface area contributed by atoms with E-state index >= 15 is 0 Å². The Kier molecular flexibility index (Phi) is 7.96. The molecule has 3 aliphatic heterocycles. The molecule has 2 saturated heterocycles. The molecule has 3 aliphatic rings. The van der Waals surface area contributed by atoms with Crippen molar-refractivity contribution in [3.63, 3.8) is 0 Å². The summed E-state index contributed by atoms with van der Waals surface area (Å²) in [5.41, 5.74) is 4.49. The van der Waals surface area contributed by atoms with Gasteiger partial charge in [0.1, 0.15) is 11.9 Å². The summed E-state index contributed by atoms with van der Waals surface area (Å²) in [6.07, 6.45) is 7.18. The van der Waals surface area contributed by atoms with E-state index < -0.39 is 12.0 Å². The molecule has 0 amide bonds. The van der Waals surface area contributed by atoms with Gasteiger partial charge in [-0.2, -0.15) is 0 Å². The second-order valence-electron chi connectivity index (χ2n) is 10.0. The largest absolute Gasteiger partial charge is 0.480 e. The number of rotatable bonds is 10. The first-order valence-electron chi connectivity index (χ1n) is 13.2. The van der Waals surface area contributed by atoms with Crippen molar-refractivity contribution in [3.05, 3.63) is 58.8 Å². The van der Waals surface area contributed by atoms with Crippen molar-refractivity contribution in [3.8, 4) is 0 Å². The van der Waals surface area contributed by atoms with E-state index in [-0.39, 0.29) is 12.0 Å². The van der Waals surface area contributed by atoms with Crippen molar-refractivity contribution in [2.45, 2.75) is 63.0 Å². The third-order valence-corrected chi connectivity index (χ3v) is 7.57. The molecule has 7 nitrogen and oxygen atoms in total. The SMILES string of the molecule is O=C(O)C(c1ccccc1C1CCOC1)N1CCC(OCCCCc2ccc3c(n2)NCCC3)C1. The zero-order valence-corrected chi connectivity index (χ0v) is 20.5. The summed E-state index contributed by atoms with van der Waals surface area (Å²) in [6.45, 7) is 4.53. The predicted octanol–water partition coefficient (Wildman–Crippen LogP) is 4.18. The molecule has 35 heavy (non-hydrogen) atoms. The van der Waals surface area contributed by atoms with E-state index in [9.17, 15) is 9.90 Å². The van der Waals surface area contributed by atoms with Crippen LogP contribution in [0.4, 0.5) is 5.82 Å². The van der Waals surface area contributed by atoms with E-state index in [0.29, 0.717) is 19.8 Å². The summed E-state index contributed by atoms with van der Waals surface area (Å²) in [5, 5.41) is 13.6. The molecule has 0 saturated carbocycles. The van der Waals surface area contributed by atoms with Crippen molar-refractivity contribution < 1.29 is 19.4 Å². The van der Waals surface area contributed by atoms with Gasteiger partial charge in [0.25, 0.3) is 0 Å². The number of hydrogen-bond acceptors (Lipinski definition) is 6. The summed E-state index contributed by atoms with van der Waals surface area (Å²) in [5.74, 6) is 0.554. The Morgan fingerprint density at radius 1 is 1.23 bits per heavy atom. The predicted molar refractivity (Wildman–Crippen MR) is 135 cm³/mol. The number of nitrogens with one attached hydrogen (secondary N) is 1. The second kappa shape index (κ2) is 11.5. The number of pyridine rings is 1. The number of fused-ring (bicyclic) bond motifs is 1. The highest BCUT2D eigenvalue weighted by Gasteiger charge is 2.36. The fourth-order valence-corrected chi connectivity index (χ4v) is 5.69. The van der Waals surface area contributed by atoms with Crippen LogP contribution < -0.4 is 5.32 Å². The average Bonchev–Trinajstić information content (AvgIpc) is 3.57. The van der Waals surface area contributed by atoms with Crippen molar-refractivity contribution in [2.24, 2.45) is 0 Å². The van der Waals surface area contributed by atoms with Gasteiger partial charge in [-0.15, -0.1) is 0 Å². The first-order valence-corrected chi connectivity index (χ1v) is 13.2. The van der Waals surface area contributed by atoms with E-state index in [1.807, 2.05) is 18.2 Å². The Bertz CT molecular complexity index is 1010. The van der Waals surface area contributed by atoms with Crippen molar-refractivity contribution in [1.29, 1.82) is 0 Å². The number of anilines is 1. The molecule has 4 heterocycles. The Hall–Kier alpha value is -2.48. The smallest absolute Gasteiger partial charge is 0.325 e. The molecule has 7 heteroatoms. The Morgan fingerprint density at radius 3 is 3.00 bits per heavy atom. The summed E-state index contributed by atoms with van der Waals surface area (Å²) in [6, 6.07) is 11.7. The standard InChI is InChI=1S/C28H37N3O4/c32-28(33)26(25-9-2-1-8-24(25)21-13-17-34-19-21)31-15-12-23(18-31)35-16-4-3-7-22-11-10-20-6-5-14-29-27(20)30-22/h1-2,8-11,21,23,26H,3-7,12-19H2,(H,29,30)(H,32,33). The van der Waals surface area contributed by atoms with Crippen LogP contribution in [-0.4, -0.2) is 66.5 Å². The van der Waals surface area contributed by atoms with Gasteiger partial charge in [-0.1, -0.05) is 30.3 Å². The zero-order chi connectivity index (χ0) is 24.0. The molecular weight excluding hydrogens is 442 g/mol. The van der Waals surface area contributed by atoms with E-state index in [4.69, 9.17) is 14.5 Å². The highest BCUT2D eigenvalue weighted by atomic mass is 16.5. The Labute approximate surface area is 207 Å². The number of ether oxygens (including phenoxy) is 2. The number of unbranched alkanes of at least 4 members (excludes halogenated alkanes) is 1. The van der Waals surface area contributed by atoms with Gasteiger partial charge < -0.3 is 19.9 Å². The maximum Gasteiger partial charge on any atom is 0.325 e. The lowest BCUT2D eigenvalue weighted by atomic mass is 9.89. The van der Waals surface area contributed by atoms with Crippen LogP contribution in [0.5, 0.6) is 0 Å². The molecule has 188 valence electrons. The number of benzene rings is 1. The summed E-state index contributed by atoms with van der Waals surface area (Å²) in [7, 11) is 0. The average molecular weight is 480 g/mol. The van der Waals surface area contributed by atoms with Crippen LogP contribution in [-0.2, 0) is 27.1 Å². The molecule has 0 radical (unpaired) electrons. The fraction of sp³-hybridized carbons (Fsp3) is 0.571. The lowest BCUT2D eigenvalue weighted by molar-refractivity contribution is -0.143. The third kappa shape index (κ3) is 5.85. The molecule has 2 fully saturated rings. The normalized spacial score (nSPS) is 23.1. The monoisotopic (exact) mass is 479 g/mol. The molecule has 3 unspecified atom stereocenters. The fourth-order valence-electron chi connectivity index (χ4n) is 5.69. The molecule has 3 atom stereocenters. The van der Waals surface area contributed by atoms with Crippen LogP contribution in [0.3, 0.4) is 0 Å². The number of carboxylic acid groups (broad SMARTS) is 1. The van der Waals surface area contributed by atoms with Gasteiger partial charge in [-0.25, -0.2) is 4.98 Å². The molecule has 2 aromatic rings. The van der Waals surface area contributed by atoms with E-state index in [2.05, 4.69) is 28.4 Å². The van der Waals surface area contributed by atoms with Crippen LogP contribution in [0.15, 0.2) is 36.4 Å². The molecular formula is C28H37N3O4. The van der Waals surface area contributed by atoms with E-state index in [1.165, 1.54) is 12.0 Å².